The second kappa shape index (κ2) is 4.49. The van der Waals surface area contributed by atoms with Crippen molar-refractivity contribution >= 4 is 5.78 Å². The Kier molecular flexibility index (Phi) is 2.68. The van der Waals surface area contributed by atoms with Gasteiger partial charge in [0.25, 0.3) is 0 Å². The third-order valence-electron chi connectivity index (χ3n) is 2.74. The Bertz CT molecular complexity index is 581. The van der Waals surface area contributed by atoms with E-state index in [9.17, 15) is 4.79 Å². The average molecular weight is 241 g/mol. The summed E-state index contributed by atoms with van der Waals surface area (Å²) in [6, 6.07) is 9.07. The molecule has 0 amide bonds. The standard InChI is InChI=1S/C14H11NO3/c16-13-9-18-14-6-11(3-4-12(13)14)17-8-10-2-1-5-15-7-10/h1-7H,8-9H2. The monoisotopic (exact) mass is 241 g/mol. The van der Waals surface area contributed by atoms with E-state index in [1.54, 1.807) is 30.6 Å². The smallest absolute Gasteiger partial charge is 0.203 e. The highest BCUT2D eigenvalue weighted by molar-refractivity contribution is 6.02. The van der Waals surface area contributed by atoms with Crippen molar-refractivity contribution in [2.45, 2.75) is 6.61 Å². The molecule has 1 aromatic heterocycles. The minimum absolute atomic E-state index is 0.0174. The summed E-state index contributed by atoms with van der Waals surface area (Å²) in [4.78, 5) is 15.4. The van der Waals surface area contributed by atoms with Crippen LogP contribution in [0.3, 0.4) is 0 Å². The molecule has 0 saturated carbocycles. The molecule has 3 rings (SSSR count). The van der Waals surface area contributed by atoms with E-state index >= 15 is 0 Å². The average Bonchev–Trinajstić information content (AvgIpc) is 2.79. The van der Waals surface area contributed by atoms with Crippen LogP contribution in [0, 0.1) is 0 Å². The van der Waals surface area contributed by atoms with Crippen molar-refractivity contribution in [3.8, 4) is 11.5 Å². The molecule has 4 nitrogen and oxygen atoms in total. The Balaban J connectivity index is 1.73. The van der Waals surface area contributed by atoms with E-state index in [4.69, 9.17) is 9.47 Å². The lowest BCUT2D eigenvalue weighted by Crippen LogP contribution is -1.98. The van der Waals surface area contributed by atoms with E-state index in [2.05, 4.69) is 4.98 Å². The summed E-state index contributed by atoms with van der Waals surface area (Å²) < 4.78 is 10.9. The minimum Gasteiger partial charge on any atom is -0.489 e. The van der Waals surface area contributed by atoms with Crippen LogP contribution < -0.4 is 9.47 Å². The van der Waals surface area contributed by atoms with Gasteiger partial charge in [-0.15, -0.1) is 0 Å². The summed E-state index contributed by atoms with van der Waals surface area (Å²) in [6.07, 6.45) is 3.48. The summed E-state index contributed by atoms with van der Waals surface area (Å²) in [5.41, 5.74) is 1.62. The molecule has 0 spiro atoms. The molecule has 0 aliphatic carbocycles. The van der Waals surface area contributed by atoms with Crippen molar-refractivity contribution < 1.29 is 14.3 Å². The van der Waals surface area contributed by atoms with Crippen LogP contribution in [-0.2, 0) is 6.61 Å². The number of hydrogen-bond donors (Lipinski definition) is 0. The normalized spacial score (nSPS) is 13.0. The van der Waals surface area contributed by atoms with Crippen LogP contribution in [0.5, 0.6) is 11.5 Å². The molecule has 2 aromatic rings. The highest BCUT2D eigenvalue weighted by Crippen LogP contribution is 2.29. The number of carbonyl (C=O) groups excluding carboxylic acids is 1. The first kappa shape index (κ1) is 10.8. The van der Waals surface area contributed by atoms with E-state index in [1.165, 1.54) is 0 Å². The Morgan fingerprint density at radius 3 is 3.11 bits per heavy atom. The number of ketones is 1. The number of nitrogens with zero attached hydrogens (tertiary/aromatic N) is 1. The molecule has 1 aliphatic heterocycles. The van der Waals surface area contributed by atoms with Gasteiger partial charge in [0.05, 0.1) is 5.56 Å². The summed E-state index contributed by atoms with van der Waals surface area (Å²) >= 11 is 0. The lowest BCUT2D eigenvalue weighted by Gasteiger charge is -2.07. The maximum Gasteiger partial charge on any atom is 0.203 e. The highest BCUT2D eigenvalue weighted by atomic mass is 16.5. The summed E-state index contributed by atoms with van der Waals surface area (Å²) in [5, 5.41) is 0. The van der Waals surface area contributed by atoms with Crippen LogP contribution >= 0.6 is 0 Å². The molecule has 90 valence electrons. The topological polar surface area (TPSA) is 48.4 Å². The van der Waals surface area contributed by atoms with E-state index in [-0.39, 0.29) is 12.4 Å². The molecule has 0 saturated heterocycles. The van der Waals surface area contributed by atoms with Crippen molar-refractivity contribution in [2.24, 2.45) is 0 Å². The molecule has 18 heavy (non-hydrogen) atoms. The SMILES string of the molecule is O=C1COc2cc(OCc3cccnc3)ccc21. The van der Waals surface area contributed by atoms with Crippen molar-refractivity contribution in [1.29, 1.82) is 0 Å². The molecule has 0 unspecified atom stereocenters. The van der Waals surface area contributed by atoms with Crippen molar-refractivity contribution in [1.82, 2.24) is 4.98 Å². The third-order valence-corrected chi connectivity index (χ3v) is 2.74. The minimum atomic E-state index is 0.0174. The molecule has 0 bridgehead atoms. The zero-order chi connectivity index (χ0) is 12.4. The first-order valence-electron chi connectivity index (χ1n) is 5.65. The molecule has 4 heteroatoms. The van der Waals surface area contributed by atoms with Crippen LogP contribution in [0.15, 0.2) is 42.7 Å². The number of pyridine rings is 1. The van der Waals surface area contributed by atoms with Crippen molar-refractivity contribution in [2.75, 3.05) is 6.61 Å². The molecular formula is C14H11NO3. The molecule has 1 aromatic carbocycles. The number of ether oxygens (including phenoxy) is 2. The van der Waals surface area contributed by atoms with Crippen LogP contribution in [0.1, 0.15) is 15.9 Å². The van der Waals surface area contributed by atoms with Crippen LogP contribution in [0.2, 0.25) is 0 Å². The number of hydrogen-bond acceptors (Lipinski definition) is 4. The van der Waals surface area contributed by atoms with Gasteiger partial charge in [-0.2, -0.15) is 0 Å². The largest absolute Gasteiger partial charge is 0.489 e. The van der Waals surface area contributed by atoms with E-state index in [1.807, 2.05) is 12.1 Å². The van der Waals surface area contributed by atoms with E-state index in [0.29, 0.717) is 23.7 Å². The van der Waals surface area contributed by atoms with Gasteiger partial charge in [0.1, 0.15) is 18.1 Å². The van der Waals surface area contributed by atoms with E-state index < -0.39 is 0 Å². The Hall–Kier alpha value is -2.36. The van der Waals surface area contributed by atoms with Crippen LogP contribution in [-0.4, -0.2) is 17.4 Å². The number of aromatic nitrogens is 1. The Morgan fingerprint density at radius 2 is 2.28 bits per heavy atom. The second-order valence-electron chi connectivity index (χ2n) is 4.02. The molecule has 0 atom stereocenters. The maximum absolute atomic E-state index is 11.4. The summed E-state index contributed by atoms with van der Waals surface area (Å²) in [7, 11) is 0. The summed E-state index contributed by atoms with van der Waals surface area (Å²) in [6.45, 7) is 0.571. The molecule has 0 fully saturated rings. The second-order valence-corrected chi connectivity index (χ2v) is 4.02. The predicted octanol–water partition coefficient (Wildman–Crippen LogP) is 2.24. The quantitative estimate of drug-likeness (QED) is 0.826. The Labute approximate surface area is 104 Å². The van der Waals surface area contributed by atoms with Gasteiger partial charge in [-0.05, 0) is 18.2 Å². The van der Waals surface area contributed by atoms with Crippen LogP contribution in [0.4, 0.5) is 0 Å². The van der Waals surface area contributed by atoms with Crippen molar-refractivity contribution in [3.05, 3.63) is 53.9 Å². The fraction of sp³-hybridized carbons (Fsp3) is 0.143. The van der Waals surface area contributed by atoms with Gasteiger partial charge in [0, 0.05) is 24.0 Å². The van der Waals surface area contributed by atoms with Gasteiger partial charge in [-0.1, -0.05) is 6.07 Å². The van der Waals surface area contributed by atoms with Gasteiger partial charge in [-0.3, -0.25) is 9.78 Å². The van der Waals surface area contributed by atoms with Gasteiger partial charge in [0.2, 0.25) is 5.78 Å². The molecule has 0 radical (unpaired) electrons. The van der Waals surface area contributed by atoms with Gasteiger partial charge >= 0.3 is 0 Å². The van der Waals surface area contributed by atoms with Gasteiger partial charge in [-0.25, -0.2) is 0 Å². The van der Waals surface area contributed by atoms with Crippen LogP contribution in [0.25, 0.3) is 0 Å². The van der Waals surface area contributed by atoms with Gasteiger partial charge < -0.3 is 9.47 Å². The summed E-state index contributed by atoms with van der Waals surface area (Å²) in [5.74, 6) is 1.31. The first-order valence-corrected chi connectivity index (χ1v) is 5.65. The lowest BCUT2D eigenvalue weighted by atomic mass is 10.1. The number of benzene rings is 1. The fourth-order valence-corrected chi connectivity index (χ4v) is 1.81. The first-order chi connectivity index (χ1) is 8.83. The third kappa shape index (κ3) is 2.05. The number of fused-ring (bicyclic) bond motifs is 1. The molecule has 1 aliphatic rings. The van der Waals surface area contributed by atoms with Crippen molar-refractivity contribution in [3.63, 3.8) is 0 Å². The maximum atomic E-state index is 11.4. The van der Waals surface area contributed by atoms with E-state index in [0.717, 1.165) is 5.56 Å². The zero-order valence-electron chi connectivity index (χ0n) is 9.63. The fourth-order valence-electron chi connectivity index (χ4n) is 1.81. The number of rotatable bonds is 3. The number of Topliss-reactive ketones (excluding diaryl/α,β-unsaturated/α-hetero) is 1. The molecular weight excluding hydrogens is 230 g/mol. The van der Waals surface area contributed by atoms with Gasteiger partial charge in [0.15, 0.2) is 6.61 Å². The number of carbonyl (C=O) groups is 1. The molecule has 0 N–H and O–H groups in total. The highest BCUT2D eigenvalue weighted by Gasteiger charge is 2.21. The Morgan fingerprint density at radius 1 is 1.33 bits per heavy atom. The zero-order valence-corrected chi connectivity index (χ0v) is 9.63. The lowest BCUT2D eigenvalue weighted by molar-refractivity contribution is 0.0961. The predicted molar refractivity (Wildman–Crippen MR) is 64.8 cm³/mol. The molecule has 2 heterocycles.